The van der Waals surface area contributed by atoms with E-state index in [0.29, 0.717) is 11.3 Å². The summed E-state index contributed by atoms with van der Waals surface area (Å²) in [7, 11) is -2.41. The fourth-order valence-electron chi connectivity index (χ4n) is 3.57. The number of anilines is 3. The van der Waals surface area contributed by atoms with Gasteiger partial charge >= 0.3 is 0 Å². The van der Waals surface area contributed by atoms with E-state index in [1.54, 1.807) is 36.4 Å². The summed E-state index contributed by atoms with van der Waals surface area (Å²) in [6, 6.07) is 18.4. The number of fused-ring (bicyclic) bond motifs is 1. The number of carbonyl (C=O) groups excluding carboxylic acids is 2. The Morgan fingerprint density at radius 2 is 1.81 bits per heavy atom. The number of hydrogen-bond donors (Lipinski definition) is 2. The van der Waals surface area contributed by atoms with Gasteiger partial charge in [0.2, 0.25) is 11.8 Å². The van der Waals surface area contributed by atoms with Crippen molar-refractivity contribution in [2.45, 2.75) is 17.2 Å². The van der Waals surface area contributed by atoms with Crippen molar-refractivity contribution in [1.82, 2.24) is 0 Å². The van der Waals surface area contributed by atoms with Crippen LogP contribution in [-0.4, -0.2) is 27.3 Å². The maximum absolute atomic E-state index is 13.5. The Kier molecular flexibility index (Phi) is 5.67. The summed E-state index contributed by atoms with van der Waals surface area (Å²) >= 11 is 0. The summed E-state index contributed by atoms with van der Waals surface area (Å²) in [5.74, 6) is -2.24. The van der Waals surface area contributed by atoms with Crippen LogP contribution in [0.3, 0.4) is 0 Å². The first-order valence-corrected chi connectivity index (χ1v) is 11.2. The Bertz CT molecular complexity index is 1300. The van der Waals surface area contributed by atoms with Gasteiger partial charge < -0.3 is 10.6 Å². The summed E-state index contributed by atoms with van der Waals surface area (Å²) in [5.41, 5.74) is 1.52. The zero-order chi connectivity index (χ0) is 22.9. The maximum Gasteiger partial charge on any atom is 0.264 e. The van der Waals surface area contributed by atoms with Crippen molar-refractivity contribution in [3.05, 3.63) is 84.2 Å². The smallest absolute Gasteiger partial charge is 0.264 e. The van der Waals surface area contributed by atoms with Gasteiger partial charge in [0, 0.05) is 24.8 Å². The Hall–Kier alpha value is -3.72. The van der Waals surface area contributed by atoms with Crippen molar-refractivity contribution in [3.63, 3.8) is 0 Å². The van der Waals surface area contributed by atoms with Crippen molar-refractivity contribution >= 4 is 38.9 Å². The predicted octanol–water partition coefficient (Wildman–Crippen LogP) is 3.72. The molecule has 2 N–H and O–H groups in total. The molecule has 0 fully saturated rings. The molecule has 0 aromatic heterocycles. The molecule has 1 aliphatic heterocycles. The van der Waals surface area contributed by atoms with Gasteiger partial charge in [-0.2, -0.15) is 0 Å². The number of para-hydroxylation sites is 1. The summed E-state index contributed by atoms with van der Waals surface area (Å²) in [4.78, 5) is 24.9. The second kappa shape index (κ2) is 8.43. The number of rotatable bonds is 5. The fourth-order valence-corrected chi connectivity index (χ4v) is 4.81. The molecule has 0 aliphatic carbocycles. The number of amides is 2. The lowest BCUT2D eigenvalue weighted by molar-refractivity contribution is -0.123. The molecule has 32 heavy (non-hydrogen) atoms. The normalized spacial score (nSPS) is 15.4. The van der Waals surface area contributed by atoms with Crippen LogP contribution in [0.15, 0.2) is 77.7 Å². The van der Waals surface area contributed by atoms with Crippen LogP contribution in [0.4, 0.5) is 21.5 Å². The van der Waals surface area contributed by atoms with Crippen molar-refractivity contribution in [3.8, 4) is 0 Å². The van der Waals surface area contributed by atoms with Crippen LogP contribution in [-0.2, 0) is 19.6 Å². The van der Waals surface area contributed by atoms with E-state index < -0.39 is 33.6 Å². The minimum absolute atomic E-state index is 0.00510. The highest BCUT2D eigenvalue weighted by atomic mass is 32.2. The van der Waals surface area contributed by atoms with E-state index in [1.165, 1.54) is 43.4 Å². The number of hydrogen-bond acceptors (Lipinski definition) is 4. The van der Waals surface area contributed by atoms with E-state index in [1.807, 2.05) is 0 Å². The van der Waals surface area contributed by atoms with Gasteiger partial charge in [0.25, 0.3) is 10.0 Å². The molecule has 0 radical (unpaired) electrons. The van der Waals surface area contributed by atoms with Gasteiger partial charge in [0.05, 0.1) is 16.5 Å². The third-order valence-corrected chi connectivity index (χ3v) is 7.03. The molecule has 3 aromatic carbocycles. The third kappa shape index (κ3) is 4.19. The number of sulfonamides is 1. The quantitative estimate of drug-likeness (QED) is 0.616. The molecule has 0 saturated heterocycles. The van der Waals surface area contributed by atoms with Crippen LogP contribution in [0.1, 0.15) is 17.9 Å². The molecule has 7 nitrogen and oxygen atoms in total. The molecule has 0 saturated carbocycles. The van der Waals surface area contributed by atoms with E-state index in [0.717, 1.165) is 4.31 Å². The zero-order valence-electron chi connectivity index (χ0n) is 17.1. The summed E-state index contributed by atoms with van der Waals surface area (Å²) in [6.07, 6.45) is -0.0980. The molecular formula is C23H20FN3O4S. The molecule has 2 amide bonds. The van der Waals surface area contributed by atoms with Gasteiger partial charge in [-0.1, -0.05) is 30.3 Å². The SMILES string of the molecule is CN(c1ccccc1)S(=O)(=O)c1cccc(NC(=O)C2CC(=O)Nc3cc(F)ccc32)c1. The zero-order valence-corrected chi connectivity index (χ0v) is 17.9. The molecule has 1 heterocycles. The molecule has 1 atom stereocenters. The standard InChI is InChI=1S/C23H20FN3O4S/c1-27(17-7-3-2-4-8-17)32(30,31)18-9-5-6-16(13-18)25-23(29)20-14-22(28)26-21-12-15(24)10-11-19(20)21/h2-13,20H,14H2,1H3,(H,25,29)(H,26,28). The molecule has 0 spiro atoms. The van der Waals surface area contributed by atoms with Crippen LogP contribution in [0.25, 0.3) is 0 Å². The van der Waals surface area contributed by atoms with Crippen LogP contribution in [0.5, 0.6) is 0 Å². The van der Waals surface area contributed by atoms with Crippen molar-refractivity contribution in [2.75, 3.05) is 22.0 Å². The van der Waals surface area contributed by atoms with Gasteiger partial charge in [0.1, 0.15) is 5.82 Å². The molecule has 9 heteroatoms. The molecule has 4 rings (SSSR count). The van der Waals surface area contributed by atoms with Gasteiger partial charge in [0.15, 0.2) is 0 Å². The lowest BCUT2D eigenvalue weighted by Crippen LogP contribution is -2.31. The van der Waals surface area contributed by atoms with Crippen LogP contribution in [0.2, 0.25) is 0 Å². The summed E-state index contributed by atoms with van der Waals surface area (Å²) < 4.78 is 40.8. The fraction of sp³-hybridized carbons (Fsp3) is 0.130. The molecule has 164 valence electrons. The first kappa shape index (κ1) is 21.5. The molecule has 3 aromatic rings. The largest absolute Gasteiger partial charge is 0.326 e. The first-order chi connectivity index (χ1) is 15.3. The van der Waals surface area contributed by atoms with Crippen LogP contribution >= 0.6 is 0 Å². The Morgan fingerprint density at radius 1 is 1.06 bits per heavy atom. The second-order valence-corrected chi connectivity index (χ2v) is 9.33. The number of nitrogens with one attached hydrogen (secondary N) is 2. The minimum atomic E-state index is -3.86. The molecular weight excluding hydrogens is 433 g/mol. The molecule has 1 unspecified atom stereocenters. The highest BCUT2D eigenvalue weighted by Gasteiger charge is 2.31. The van der Waals surface area contributed by atoms with Crippen LogP contribution in [0, 0.1) is 5.82 Å². The summed E-state index contributed by atoms with van der Waals surface area (Å²) in [6.45, 7) is 0. The predicted molar refractivity (Wildman–Crippen MR) is 119 cm³/mol. The van der Waals surface area contributed by atoms with Crippen molar-refractivity contribution in [1.29, 1.82) is 0 Å². The van der Waals surface area contributed by atoms with Gasteiger partial charge in [-0.3, -0.25) is 13.9 Å². The highest BCUT2D eigenvalue weighted by molar-refractivity contribution is 7.92. The van der Waals surface area contributed by atoms with E-state index in [2.05, 4.69) is 10.6 Å². The van der Waals surface area contributed by atoms with Gasteiger partial charge in [-0.15, -0.1) is 0 Å². The Morgan fingerprint density at radius 3 is 2.56 bits per heavy atom. The highest BCUT2D eigenvalue weighted by Crippen LogP contribution is 2.34. The number of nitrogens with zero attached hydrogens (tertiary/aromatic N) is 1. The third-order valence-electron chi connectivity index (χ3n) is 5.25. The summed E-state index contributed by atoms with van der Waals surface area (Å²) in [5, 5.41) is 5.25. The van der Waals surface area contributed by atoms with E-state index in [4.69, 9.17) is 0 Å². The topological polar surface area (TPSA) is 95.6 Å². The van der Waals surface area contributed by atoms with E-state index in [-0.39, 0.29) is 22.7 Å². The number of carbonyl (C=O) groups is 2. The lowest BCUT2D eigenvalue weighted by atomic mass is 9.89. The average molecular weight is 453 g/mol. The Balaban J connectivity index is 1.59. The van der Waals surface area contributed by atoms with E-state index in [9.17, 15) is 22.4 Å². The average Bonchev–Trinajstić information content (AvgIpc) is 2.78. The Labute approximate surface area is 184 Å². The van der Waals surface area contributed by atoms with Crippen LogP contribution < -0.4 is 14.9 Å². The maximum atomic E-state index is 13.5. The first-order valence-electron chi connectivity index (χ1n) is 9.80. The van der Waals surface area contributed by atoms with Gasteiger partial charge in [-0.05, 0) is 48.0 Å². The molecule has 0 bridgehead atoms. The van der Waals surface area contributed by atoms with Gasteiger partial charge in [-0.25, -0.2) is 12.8 Å². The number of benzene rings is 3. The second-order valence-electron chi connectivity index (χ2n) is 7.36. The molecule has 1 aliphatic rings. The van der Waals surface area contributed by atoms with Crippen molar-refractivity contribution < 1.29 is 22.4 Å². The number of halogens is 1. The van der Waals surface area contributed by atoms with Crippen molar-refractivity contribution in [2.24, 2.45) is 0 Å². The monoisotopic (exact) mass is 453 g/mol. The lowest BCUT2D eigenvalue weighted by Gasteiger charge is -2.25. The minimum Gasteiger partial charge on any atom is -0.326 e. The van der Waals surface area contributed by atoms with E-state index >= 15 is 0 Å².